The maximum absolute atomic E-state index is 9.82. The predicted octanol–water partition coefficient (Wildman–Crippen LogP) is 2.87. The minimum Gasteiger partial charge on any atom is -0.489 e. The minimum atomic E-state index is -0.831. The Morgan fingerprint density at radius 1 is 1.47 bits per heavy atom. The lowest BCUT2D eigenvalue weighted by atomic mass is 9.98. The highest BCUT2D eigenvalue weighted by Crippen LogP contribution is 2.23. The molecule has 82 valence electrons. The number of hydrogen-bond donors (Lipinski definition) is 1. The van der Waals surface area contributed by atoms with Crippen LogP contribution in [0, 0.1) is 0 Å². The molecular formula is C13H18O2. The fourth-order valence-corrected chi connectivity index (χ4v) is 1.17. The predicted molar refractivity (Wildman–Crippen MR) is 62.0 cm³/mol. The summed E-state index contributed by atoms with van der Waals surface area (Å²) in [4.78, 5) is 0. The molecule has 0 bridgehead atoms. The second kappa shape index (κ2) is 4.49. The normalized spacial score (nSPS) is 11.2. The van der Waals surface area contributed by atoms with Crippen LogP contribution in [-0.4, -0.2) is 11.7 Å². The van der Waals surface area contributed by atoms with Crippen molar-refractivity contribution >= 4 is 0 Å². The summed E-state index contributed by atoms with van der Waals surface area (Å²) in [5.41, 5.74) is 0.994. The van der Waals surface area contributed by atoms with Crippen LogP contribution in [0.2, 0.25) is 0 Å². The van der Waals surface area contributed by atoms with E-state index in [4.69, 9.17) is 4.74 Å². The van der Waals surface area contributed by atoms with Crippen LogP contribution in [0.1, 0.15) is 26.3 Å². The quantitative estimate of drug-likeness (QED) is 0.767. The average molecular weight is 206 g/mol. The molecule has 0 aliphatic heterocycles. The summed E-state index contributed by atoms with van der Waals surface area (Å²) in [5, 5.41) is 9.82. The molecule has 1 aromatic rings. The Balaban J connectivity index is 2.79. The molecular weight excluding hydrogens is 188 g/mol. The summed E-state index contributed by atoms with van der Waals surface area (Å²) in [6, 6.07) is 7.48. The van der Waals surface area contributed by atoms with Crippen LogP contribution in [0.5, 0.6) is 5.75 Å². The zero-order chi connectivity index (χ0) is 11.5. The molecule has 0 radical (unpaired) electrons. The van der Waals surface area contributed by atoms with Gasteiger partial charge in [0.25, 0.3) is 0 Å². The van der Waals surface area contributed by atoms with Gasteiger partial charge in [0, 0.05) is 0 Å². The first-order valence-corrected chi connectivity index (χ1v) is 4.99. The van der Waals surface area contributed by atoms with Crippen LogP contribution >= 0.6 is 0 Å². The average Bonchev–Trinajstić information content (AvgIpc) is 2.14. The van der Waals surface area contributed by atoms with Crippen molar-refractivity contribution in [3.8, 4) is 5.75 Å². The molecule has 1 aromatic carbocycles. The number of rotatable bonds is 4. The van der Waals surface area contributed by atoms with E-state index in [0.717, 1.165) is 16.9 Å². The van der Waals surface area contributed by atoms with E-state index >= 15 is 0 Å². The highest BCUT2D eigenvalue weighted by molar-refractivity contribution is 5.31. The van der Waals surface area contributed by atoms with Crippen molar-refractivity contribution in [2.24, 2.45) is 0 Å². The third-order valence-electron chi connectivity index (χ3n) is 2.03. The molecule has 0 aliphatic rings. The summed E-state index contributed by atoms with van der Waals surface area (Å²) in [6.45, 7) is 9.70. The Labute approximate surface area is 91.2 Å². The number of benzene rings is 1. The van der Waals surface area contributed by atoms with E-state index in [2.05, 4.69) is 6.58 Å². The van der Waals surface area contributed by atoms with Crippen molar-refractivity contribution in [3.63, 3.8) is 0 Å². The van der Waals surface area contributed by atoms with E-state index in [9.17, 15) is 5.11 Å². The van der Waals surface area contributed by atoms with E-state index in [-0.39, 0.29) is 0 Å². The molecule has 0 aromatic heterocycles. The van der Waals surface area contributed by atoms with Gasteiger partial charge in [-0.25, -0.2) is 0 Å². The lowest BCUT2D eigenvalue weighted by Crippen LogP contribution is -2.15. The molecule has 1 N–H and O–H groups in total. The largest absolute Gasteiger partial charge is 0.489 e. The molecule has 1 rings (SSSR count). The molecule has 0 unspecified atom stereocenters. The van der Waals surface area contributed by atoms with Crippen LogP contribution < -0.4 is 4.74 Å². The van der Waals surface area contributed by atoms with Gasteiger partial charge in [-0.1, -0.05) is 18.7 Å². The maximum atomic E-state index is 9.82. The van der Waals surface area contributed by atoms with E-state index < -0.39 is 5.60 Å². The molecule has 0 spiro atoms. The van der Waals surface area contributed by atoms with Gasteiger partial charge in [0.1, 0.15) is 12.4 Å². The highest BCUT2D eigenvalue weighted by atomic mass is 16.5. The van der Waals surface area contributed by atoms with Gasteiger partial charge in [-0.3, -0.25) is 0 Å². The fourth-order valence-electron chi connectivity index (χ4n) is 1.17. The summed E-state index contributed by atoms with van der Waals surface area (Å²) in [5.74, 6) is 0.762. The van der Waals surface area contributed by atoms with E-state index in [1.807, 2.05) is 31.2 Å². The van der Waals surface area contributed by atoms with Crippen LogP contribution in [0.25, 0.3) is 0 Å². The first-order chi connectivity index (χ1) is 6.89. The van der Waals surface area contributed by atoms with Crippen molar-refractivity contribution in [3.05, 3.63) is 42.0 Å². The topological polar surface area (TPSA) is 29.5 Å². The molecule has 2 heteroatoms. The molecule has 0 amide bonds. The standard InChI is InChI=1S/C13H18O2/c1-10(2)9-15-12-7-5-6-11(8-12)13(3,4)14/h5-8,14H,1,9H2,2-4H3. The fraction of sp³-hybridized carbons (Fsp3) is 0.385. The maximum Gasteiger partial charge on any atom is 0.120 e. The molecule has 0 saturated carbocycles. The first kappa shape index (κ1) is 11.8. The van der Waals surface area contributed by atoms with Crippen LogP contribution in [-0.2, 0) is 5.60 Å². The van der Waals surface area contributed by atoms with Crippen molar-refractivity contribution in [1.29, 1.82) is 0 Å². The van der Waals surface area contributed by atoms with Crippen molar-refractivity contribution in [2.45, 2.75) is 26.4 Å². The smallest absolute Gasteiger partial charge is 0.120 e. The van der Waals surface area contributed by atoms with Crippen molar-refractivity contribution in [2.75, 3.05) is 6.61 Å². The number of ether oxygens (including phenoxy) is 1. The van der Waals surface area contributed by atoms with Crippen LogP contribution in [0.4, 0.5) is 0 Å². The van der Waals surface area contributed by atoms with Gasteiger partial charge in [0.2, 0.25) is 0 Å². The SMILES string of the molecule is C=C(C)COc1cccc(C(C)(C)O)c1. The van der Waals surface area contributed by atoms with Gasteiger partial charge < -0.3 is 9.84 Å². The first-order valence-electron chi connectivity index (χ1n) is 4.99. The lowest BCUT2D eigenvalue weighted by molar-refractivity contribution is 0.0783. The highest BCUT2D eigenvalue weighted by Gasteiger charge is 2.15. The Kier molecular flexibility index (Phi) is 3.53. The molecule has 0 fully saturated rings. The Morgan fingerprint density at radius 2 is 2.13 bits per heavy atom. The van der Waals surface area contributed by atoms with E-state index in [0.29, 0.717) is 6.61 Å². The van der Waals surface area contributed by atoms with Crippen LogP contribution in [0.15, 0.2) is 36.4 Å². The minimum absolute atomic E-state index is 0.509. The second-order valence-corrected chi connectivity index (χ2v) is 4.33. The van der Waals surface area contributed by atoms with Gasteiger partial charge in [-0.15, -0.1) is 0 Å². The number of aliphatic hydroxyl groups is 1. The zero-order valence-electron chi connectivity index (χ0n) is 9.58. The summed E-state index contributed by atoms with van der Waals surface area (Å²) in [7, 11) is 0. The van der Waals surface area contributed by atoms with E-state index in [1.54, 1.807) is 13.8 Å². The third kappa shape index (κ3) is 3.76. The van der Waals surface area contributed by atoms with Gasteiger partial charge >= 0.3 is 0 Å². The van der Waals surface area contributed by atoms with E-state index in [1.165, 1.54) is 0 Å². The van der Waals surface area contributed by atoms with Gasteiger partial charge in [-0.05, 0) is 44.0 Å². The van der Waals surface area contributed by atoms with Crippen molar-refractivity contribution < 1.29 is 9.84 Å². The Morgan fingerprint density at radius 3 is 2.67 bits per heavy atom. The van der Waals surface area contributed by atoms with Crippen molar-refractivity contribution in [1.82, 2.24) is 0 Å². The molecule has 0 atom stereocenters. The molecule has 0 aliphatic carbocycles. The summed E-state index contributed by atoms with van der Waals surface area (Å²) in [6.07, 6.45) is 0. The zero-order valence-corrected chi connectivity index (χ0v) is 9.58. The molecule has 2 nitrogen and oxygen atoms in total. The Hall–Kier alpha value is -1.28. The molecule has 0 saturated heterocycles. The number of hydrogen-bond acceptors (Lipinski definition) is 2. The summed E-state index contributed by atoms with van der Waals surface area (Å²) >= 11 is 0. The molecule has 15 heavy (non-hydrogen) atoms. The lowest BCUT2D eigenvalue weighted by Gasteiger charge is -2.18. The third-order valence-corrected chi connectivity index (χ3v) is 2.03. The van der Waals surface area contributed by atoms with Gasteiger partial charge in [0.15, 0.2) is 0 Å². The van der Waals surface area contributed by atoms with Gasteiger partial charge in [0.05, 0.1) is 5.60 Å². The molecule has 0 heterocycles. The van der Waals surface area contributed by atoms with Gasteiger partial charge in [-0.2, -0.15) is 0 Å². The monoisotopic (exact) mass is 206 g/mol. The second-order valence-electron chi connectivity index (χ2n) is 4.33. The van der Waals surface area contributed by atoms with Crippen LogP contribution in [0.3, 0.4) is 0 Å². The summed E-state index contributed by atoms with van der Waals surface area (Å²) < 4.78 is 5.49. The Bertz CT molecular complexity index is 348.